The quantitative estimate of drug-likeness (QED) is 0.403. The van der Waals surface area contributed by atoms with Crippen LogP contribution in [0, 0.1) is 39.7 Å². The van der Waals surface area contributed by atoms with E-state index in [2.05, 4.69) is 5.16 Å². The second-order valence-electron chi connectivity index (χ2n) is 9.04. The number of oxime groups is 1. The number of carbonyl (C=O) groups is 2. The molecule has 7 rings (SSSR count). The van der Waals surface area contributed by atoms with Crippen LogP contribution in [0.3, 0.4) is 0 Å². The molecule has 6 atom stereocenters. The molecule has 2 bridgehead atoms. The van der Waals surface area contributed by atoms with Gasteiger partial charge in [0.1, 0.15) is 6.10 Å². The zero-order valence-corrected chi connectivity index (χ0v) is 17.1. The lowest BCUT2D eigenvalue weighted by Gasteiger charge is -2.29. The summed E-state index contributed by atoms with van der Waals surface area (Å²) in [6.07, 6.45) is 0.457. The van der Waals surface area contributed by atoms with Crippen molar-refractivity contribution in [2.24, 2.45) is 34.7 Å². The average molecular weight is 447 g/mol. The number of carbonyl (C=O) groups excluding carboxylic acids is 2. The molecule has 0 aromatic heterocycles. The van der Waals surface area contributed by atoms with Crippen LogP contribution in [0.15, 0.2) is 47.6 Å². The van der Waals surface area contributed by atoms with Crippen molar-refractivity contribution in [3.63, 3.8) is 0 Å². The van der Waals surface area contributed by atoms with Crippen molar-refractivity contribution in [1.29, 1.82) is 0 Å². The molecule has 0 unspecified atom stereocenters. The maximum atomic E-state index is 13.5. The van der Waals surface area contributed by atoms with Gasteiger partial charge in [0.25, 0.3) is 5.69 Å². The molecular formula is C23H17N3O7. The lowest BCUT2D eigenvalue weighted by molar-refractivity contribution is -0.384. The summed E-state index contributed by atoms with van der Waals surface area (Å²) in [6.45, 7) is 0.113. The topological polar surface area (TPSA) is 121 Å². The van der Waals surface area contributed by atoms with Gasteiger partial charge in [-0.15, -0.1) is 0 Å². The molecule has 0 radical (unpaired) electrons. The Bertz CT molecular complexity index is 1270. The highest BCUT2D eigenvalue weighted by atomic mass is 16.7. The Labute approximate surface area is 186 Å². The SMILES string of the molecule is O=C1[C@@H]2[C@@H]3C[C@@H]([C@H]4C(c5ccc([N+](=O)[O-])cc5)=NO[C@@H]34)[C@@H]2C(=O)N1c1ccc2c(c1)OCO2. The third kappa shape index (κ3) is 2.35. The fourth-order valence-electron chi connectivity index (χ4n) is 6.40. The van der Waals surface area contributed by atoms with Crippen molar-refractivity contribution in [2.45, 2.75) is 12.5 Å². The van der Waals surface area contributed by atoms with Gasteiger partial charge >= 0.3 is 0 Å². The Morgan fingerprint density at radius 1 is 0.939 bits per heavy atom. The van der Waals surface area contributed by atoms with Crippen LogP contribution >= 0.6 is 0 Å². The van der Waals surface area contributed by atoms with E-state index in [1.54, 1.807) is 30.3 Å². The average Bonchev–Trinajstić information content (AvgIpc) is 3.61. The highest BCUT2D eigenvalue weighted by Gasteiger charge is 2.70. The number of non-ortho nitro benzene ring substituents is 1. The molecule has 5 aliphatic rings. The van der Waals surface area contributed by atoms with Crippen LogP contribution in [0.25, 0.3) is 0 Å². The number of rotatable bonds is 3. The summed E-state index contributed by atoms with van der Waals surface area (Å²) in [7, 11) is 0. The maximum Gasteiger partial charge on any atom is 0.269 e. The molecule has 3 heterocycles. The van der Waals surface area contributed by atoms with Crippen LogP contribution in [-0.4, -0.2) is 35.3 Å². The molecule has 0 N–H and O–H groups in total. The van der Waals surface area contributed by atoms with E-state index in [9.17, 15) is 19.7 Å². The number of imide groups is 1. The monoisotopic (exact) mass is 447 g/mol. The number of ether oxygens (including phenoxy) is 2. The van der Waals surface area contributed by atoms with Gasteiger partial charge in [0.15, 0.2) is 11.5 Å². The van der Waals surface area contributed by atoms with E-state index in [0.29, 0.717) is 22.9 Å². The van der Waals surface area contributed by atoms with Crippen molar-refractivity contribution in [2.75, 3.05) is 11.7 Å². The van der Waals surface area contributed by atoms with Crippen LogP contribution < -0.4 is 14.4 Å². The Hall–Kier alpha value is -3.95. The molecule has 33 heavy (non-hydrogen) atoms. The first-order valence-electron chi connectivity index (χ1n) is 10.8. The summed E-state index contributed by atoms with van der Waals surface area (Å²) < 4.78 is 10.8. The molecule has 2 amide bonds. The minimum atomic E-state index is -0.449. The van der Waals surface area contributed by atoms with E-state index in [4.69, 9.17) is 14.3 Å². The van der Waals surface area contributed by atoms with E-state index >= 15 is 0 Å². The number of hydrogen-bond acceptors (Lipinski definition) is 8. The van der Waals surface area contributed by atoms with Crippen molar-refractivity contribution >= 4 is 28.9 Å². The number of fused-ring (bicyclic) bond motifs is 9. The summed E-state index contributed by atoms with van der Waals surface area (Å²) in [5.41, 5.74) is 1.92. The van der Waals surface area contributed by atoms with Crippen LogP contribution in [0.1, 0.15) is 12.0 Å². The first kappa shape index (κ1) is 18.6. The predicted octanol–water partition coefficient (Wildman–Crippen LogP) is 2.50. The van der Waals surface area contributed by atoms with E-state index in [1.165, 1.54) is 17.0 Å². The number of nitro groups is 1. The minimum absolute atomic E-state index is 0.00115. The summed E-state index contributed by atoms with van der Waals surface area (Å²) in [5.74, 6) is -0.458. The normalized spacial score (nSPS) is 32.6. The van der Waals surface area contributed by atoms with Crippen molar-refractivity contribution < 1.29 is 28.8 Å². The standard InChI is InChI=1S/C23H17N3O7/c27-22-17-13-8-14(18(17)23(28)25(22)12-5-6-15-16(7-12)32-9-31-15)21-19(13)20(24-33-21)10-1-3-11(4-2-10)26(29)30/h1-7,13-14,17-19,21H,8-9H2/t13-,14+,17+,18-,19+,21+/m1/s1. The molecule has 1 saturated heterocycles. The van der Waals surface area contributed by atoms with E-state index < -0.39 is 16.8 Å². The minimum Gasteiger partial charge on any atom is -0.454 e. The molecule has 2 aromatic rings. The lowest BCUT2D eigenvalue weighted by Crippen LogP contribution is -2.41. The van der Waals surface area contributed by atoms with Gasteiger partial charge in [-0.2, -0.15) is 0 Å². The highest BCUT2D eigenvalue weighted by molar-refractivity contribution is 6.23. The predicted molar refractivity (Wildman–Crippen MR) is 112 cm³/mol. The first-order chi connectivity index (χ1) is 16.0. The Kier molecular flexibility index (Phi) is 3.56. The molecule has 2 saturated carbocycles. The van der Waals surface area contributed by atoms with Crippen LogP contribution in [0.2, 0.25) is 0 Å². The van der Waals surface area contributed by atoms with Crippen LogP contribution in [-0.2, 0) is 14.4 Å². The molecule has 10 nitrogen and oxygen atoms in total. The number of benzene rings is 2. The molecule has 0 spiro atoms. The fourth-order valence-corrected chi connectivity index (χ4v) is 6.40. The van der Waals surface area contributed by atoms with Gasteiger partial charge in [0, 0.05) is 35.6 Å². The van der Waals surface area contributed by atoms with Gasteiger partial charge in [0.2, 0.25) is 18.6 Å². The molecule has 166 valence electrons. The van der Waals surface area contributed by atoms with E-state index in [1.807, 2.05) is 0 Å². The zero-order valence-electron chi connectivity index (χ0n) is 17.1. The van der Waals surface area contributed by atoms with Crippen molar-refractivity contribution in [3.8, 4) is 11.5 Å². The highest BCUT2D eigenvalue weighted by Crippen LogP contribution is 2.62. The number of amides is 2. The molecule has 3 fully saturated rings. The van der Waals surface area contributed by atoms with Crippen LogP contribution in [0.4, 0.5) is 11.4 Å². The number of nitrogens with zero attached hydrogens (tertiary/aromatic N) is 3. The van der Waals surface area contributed by atoms with Gasteiger partial charge in [-0.1, -0.05) is 5.16 Å². The molecule has 2 aliphatic carbocycles. The maximum absolute atomic E-state index is 13.5. The molecule has 2 aromatic carbocycles. The summed E-state index contributed by atoms with van der Waals surface area (Å²) in [4.78, 5) is 44.5. The second-order valence-corrected chi connectivity index (χ2v) is 9.04. The second kappa shape index (κ2) is 6.31. The first-order valence-corrected chi connectivity index (χ1v) is 10.8. The molecular weight excluding hydrogens is 430 g/mol. The third-order valence-corrected chi connectivity index (χ3v) is 7.68. The Balaban J connectivity index is 1.21. The van der Waals surface area contributed by atoms with Gasteiger partial charge in [-0.25, -0.2) is 4.90 Å². The number of hydrogen-bond donors (Lipinski definition) is 0. The van der Waals surface area contributed by atoms with Gasteiger partial charge in [-0.3, -0.25) is 19.7 Å². The van der Waals surface area contributed by atoms with Crippen LogP contribution in [0.5, 0.6) is 11.5 Å². The number of anilines is 1. The third-order valence-electron chi connectivity index (χ3n) is 7.68. The van der Waals surface area contributed by atoms with E-state index in [-0.39, 0.29) is 48.2 Å². The zero-order chi connectivity index (χ0) is 22.4. The number of nitro benzene ring substituents is 1. The molecule has 3 aliphatic heterocycles. The smallest absolute Gasteiger partial charge is 0.269 e. The van der Waals surface area contributed by atoms with Gasteiger partial charge in [0.05, 0.1) is 28.2 Å². The summed E-state index contributed by atoms with van der Waals surface area (Å²) in [5, 5.41) is 15.3. The van der Waals surface area contributed by atoms with Gasteiger partial charge < -0.3 is 14.3 Å². The van der Waals surface area contributed by atoms with Crippen molar-refractivity contribution in [3.05, 3.63) is 58.1 Å². The molecule has 10 heteroatoms. The fraction of sp³-hybridized carbons (Fsp3) is 0.348. The summed E-state index contributed by atoms with van der Waals surface area (Å²) >= 11 is 0. The Morgan fingerprint density at radius 2 is 1.67 bits per heavy atom. The lowest BCUT2D eigenvalue weighted by atomic mass is 9.71. The summed E-state index contributed by atoms with van der Waals surface area (Å²) in [6, 6.07) is 11.3. The van der Waals surface area contributed by atoms with Gasteiger partial charge in [-0.05, 0) is 36.6 Å². The largest absolute Gasteiger partial charge is 0.454 e. The Morgan fingerprint density at radius 3 is 2.42 bits per heavy atom. The van der Waals surface area contributed by atoms with Crippen molar-refractivity contribution in [1.82, 2.24) is 0 Å². The van der Waals surface area contributed by atoms with E-state index in [0.717, 1.165) is 12.0 Å².